The molecular formula is C18H36O2. The van der Waals surface area contributed by atoms with Gasteiger partial charge in [-0.2, -0.15) is 0 Å². The molecule has 0 aromatic rings. The lowest BCUT2D eigenvalue weighted by molar-refractivity contribution is 0.0455. The average molecular weight is 284 g/mol. The van der Waals surface area contributed by atoms with Crippen LogP contribution in [0.4, 0.5) is 0 Å². The van der Waals surface area contributed by atoms with Gasteiger partial charge in [-0.3, -0.25) is 0 Å². The highest BCUT2D eigenvalue weighted by atomic mass is 16.3. The van der Waals surface area contributed by atoms with E-state index in [1.54, 1.807) is 0 Å². The Labute approximate surface area is 126 Å². The first kappa shape index (κ1) is 18.0. The lowest BCUT2D eigenvalue weighted by Gasteiger charge is -2.33. The van der Waals surface area contributed by atoms with Gasteiger partial charge in [-0.25, -0.2) is 0 Å². The van der Waals surface area contributed by atoms with Crippen LogP contribution in [-0.4, -0.2) is 22.4 Å². The van der Waals surface area contributed by atoms with E-state index in [1.165, 1.54) is 25.7 Å². The average Bonchev–Trinajstić information content (AvgIpc) is 2.37. The standard InChI is InChI=1S/C18H36O2/c1-13(2)17(7-5-6-15(4)19)12-18(20)16-10-8-14(3)9-11-16/h13-20H,5-12H2,1-4H3. The second-order valence-corrected chi connectivity index (χ2v) is 7.61. The van der Waals surface area contributed by atoms with Gasteiger partial charge in [0, 0.05) is 0 Å². The molecule has 1 fully saturated rings. The molecular weight excluding hydrogens is 248 g/mol. The maximum absolute atomic E-state index is 10.5. The van der Waals surface area contributed by atoms with E-state index in [1.807, 2.05) is 6.92 Å². The Morgan fingerprint density at radius 2 is 1.55 bits per heavy atom. The van der Waals surface area contributed by atoms with Gasteiger partial charge >= 0.3 is 0 Å². The molecule has 0 saturated heterocycles. The molecule has 0 aliphatic heterocycles. The van der Waals surface area contributed by atoms with Crippen molar-refractivity contribution in [3.8, 4) is 0 Å². The molecule has 3 unspecified atom stereocenters. The molecule has 0 aromatic carbocycles. The van der Waals surface area contributed by atoms with E-state index in [0.717, 1.165) is 31.6 Å². The summed E-state index contributed by atoms with van der Waals surface area (Å²) in [6.07, 6.45) is 8.76. The van der Waals surface area contributed by atoms with Crippen molar-refractivity contribution < 1.29 is 10.2 Å². The highest BCUT2D eigenvalue weighted by Crippen LogP contribution is 2.34. The Morgan fingerprint density at radius 3 is 2.05 bits per heavy atom. The lowest BCUT2D eigenvalue weighted by Crippen LogP contribution is -2.28. The SMILES string of the molecule is CC(O)CCCC(CC(O)C1CCC(C)CC1)C(C)C. The molecule has 2 heteroatoms. The second-order valence-electron chi connectivity index (χ2n) is 7.61. The third kappa shape index (κ3) is 6.58. The van der Waals surface area contributed by atoms with Gasteiger partial charge in [0.25, 0.3) is 0 Å². The van der Waals surface area contributed by atoms with E-state index in [0.29, 0.717) is 17.8 Å². The van der Waals surface area contributed by atoms with Crippen LogP contribution < -0.4 is 0 Å². The first-order valence-electron chi connectivity index (χ1n) is 8.76. The van der Waals surface area contributed by atoms with Gasteiger partial charge in [0.1, 0.15) is 0 Å². The highest BCUT2D eigenvalue weighted by Gasteiger charge is 2.27. The summed E-state index contributed by atoms with van der Waals surface area (Å²) in [7, 11) is 0. The van der Waals surface area contributed by atoms with Crippen LogP contribution in [0.1, 0.15) is 79.1 Å². The van der Waals surface area contributed by atoms with Crippen molar-refractivity contribution in [2.24, 2.45) is 23.7 Å². The number of aliphatic hydroxyl groups is 2. The Hall–Kier alpha value is -0.0800. The van der Waals surface area contributed by atoms with Gasteiger partial charge in [-0.1, -0.05) is 46.5 Å². The fourth-order valence-electron chi connectivity index (χ4n) is 3.57. The molecule has 1 saturated carbocycles. The van der Waals surface area contributed by atoms with Crippen LogP contribution in [0.15, 0.2) is 0 Å². The quantitative estimate of drug-likeness (QED) is 0.694. The summed E-state index contributed by atoms with van der Waals surface area (Å²) in [5, 5.41) is 19.9. The van der Waals surface area contributed by atoms with Gasteiger partial charge in [0.05, 0.1) is 12.2 Å². The summed E-state index contributed by atoms with van der Waals surface area (Å²) in [6.45, 7) is 8.73. The van der Waals surface area contributed by atoms with E-state index in [4.69, 9.17) is 0 Å². The van der Waals surface area contributed by atoms with Crippen molar-refractivity contribution in [3.63, 3.8) is 0 Å². The molecule has 0 heterocycles. The van der Waals surface area contributed by atoms with Crippen molar-refractivity contribution in [1.82, 2.24) is 0 Å². The van der Waals surface area contributed by atoms with E-state index < -0.39 is 0 Å². The van der Waals surface area contributed by atoms with Crippen LogP contribution in [0.5, 0.6) is 0 Å². The minimum atomic E-state index is -0.187. The number of rotatable bonds is 8. The minimum Gasteiger partial charge on any atom is -0.393 e. The molecule has 0 amide bonds. The molecule has 2 nitrogen and oxygen atoms in total. The molecule has 20 heavy (non-hydrogen) atoms. The predicted octanol–water partition coefficient (Wildman–Crippen LogP) is 4.39. The fourth-order valence-corrected chi connectivity index (χ4v) is 3.57. The van der Waals surface area contributed by atoms with Crippen LogP contribution in [0.2, 0.25) is 0 Å². The third-order valence-corrected chi connectivity index (χ3v) is 5.29. The zero-order valence-electron chi connectivity index (χ0n) is 14.0. The van der Waals surface area contributed by atoms with Crippen LogP contribution >= 0.6 is 0 Å². The molecule has 120 valence electrons. The van der Waals surface area contributed by atoms with Crippen molar-refractivity contribution in [1.29, 1.82) is 0 Å². The van der Waals surface area contributed by atoms with Gasteiger partial charge in [0.2, 0.25) is 0 Å². The first-order valence-corrected chi connectivity index (χ1v) is 8.76. The number of hydrogen-bond acceptors (Lipinski definition) is 2. The van der Waals surface area contributed by atoms with Crippen molar-refractivity contribution in [2.45, 2.75) is 91.3 Å². The molecule has 0 bridgehead atoms. The van der Waals surface area contributed by atoms with E-state index in [2.05, 4.69) is 20.8 Å². The summed E-state index contributed by atoms with van der Waals surface area (Å²) < 4.78 is 0. The fraction of sp³-hybridized carbons (Fsp3) is 1.00. The highest BCUT2D eigenvalue weighted by molar-refractivity contribution is 4.79. The smallest absolute Gasteiger partial charge is 0.0571 e. The Kier molecular flexibility index (Phi) is 8.13. The molecule has 0 radical (unpaired) electrons. The summed E-state index contributed by atoms with van der Waals surface area (Å²) in [5.74, 6) is 2.61. The zero-order valence-corrected chi connectivity index (χ0v) is 14.0. The molecule has 2 N–H and O–H groups in total. The summed E-state index contributed by atoms with van der Waals surface area (Å²) in [5.41, 5.74) is 0. The van der Waals surface area contributed by atoms with E-state index in [9.17, 15) is 10.2 Å². The maximum Gasteiger partial charge on any atom is 0.0571 e. The lowest BCUT2D eigenvalue weighted by atomic mass is 9.76. The molecule has 3 atom stereocenters. The maximum atomic E-state index is 10.5. The van der Waals surface area contributed by atoms with Crippen molar-refractivity contribution in [2.75, 3.05) is 0 Å². The topological polar surface area (TPSA) is 40.5 Å². The van der Waals surface area contributed by atoms with E-state index >= 15 is 0 Å². The predicted molar refractivity (Wildman–Crippen MR) is 85.6 cm³/mol. The Bertz CT molecular complexity index is 242. The number of aliphatic hydroxyl groups excluding tert-OH is 2. The van der Waals surface area contributed by atoms with E-state index in [-0.39, 0.29) is 12.2 Å². The third-order valence-electron chi connectivity index (χ3n) is 5.29. The molecule has 1 rings (SSSR count). The van der Waals surface area contributed by atoms with Crippen LogP contribution in [-0.2, 0) is 0 Å². The largest absolute Gasteiger partial charge is 0.393 e. The normalized spacial score (nSPS) is 28.4. The van der Waals surface area contributed by atoms with Crippen LogP contribution in [0.25, 0.3) is 0 Å². The van der Waals surface area contributed by atoms with Gasteiger partial charge in [-0.15, -0.1) is 0 Å². The summed E-state index contributed by atoms with van der Waals surface area (Å²) in [4.78, 5) is 0. The summed E-state index contributed by atoms with van der Waals surface area (Å²) in [6, 6.07) is 0. The van der Waals surface area contributed by atoms with Gasteiger partial charge < -0.3 is 10.2 Å². The van der Waals surface area contributed by atoms with Crippen LogP contribution in [0.3, 0.4) is 0 Å². The minimum absolute atomic E-state index is 0.110. The molecule has 0 aromatic heterocycles. The summed E-state index contributed by atoms with van der Waals surface area (Å²) >= 11 is 0. The van der Waals surface area contributed by atoms with Crippen molar-refractivity contribution >= 4 is 0 Å². The second kappa shape index (κ2) is 9.04. The van der Waals surface area contributed by atoms with Crippen LogP contribution in [0, 0.1) is 23.7 Å². The molecule has 1 aliphatic carbocycles. The Balaban J connectivity index is 2.36. The first-order chi connectivity index (χ1) is 9.40. The Morgan fingerprint density at radius 1 is 0.950 bits per heavy atom. The molecule has 1 aliphatic rings. The monoisotopic (exact) mass is 284 g/mol. The zero-order chi connectivity index (χ0) is 15.1. The molecule has 0 spiro atoms. The van der Waals surface area contributed by atoms with Crippen molar-refractivity contribution in [3.05, 3.63) is 0 Å². The van der Waals surface area contributed by atoms with Gasteiger partial charge in [-0.05, 0) is 56.3 Å². The van der Waals surface area contributed by atoms with Gasteiger partial charge in [0.15, 0.2) is 0 Å². The number of hydrogen-bond donors (Lipinski definition) is 2.